The lowest BCUT2D eigenvalue weighted by Gasteiger charge is -2.14. The van der Waals surface area contributed by atoms with Crippen molar-refractivity contribution in [1.82, 2.24) is 0 Å². The van der Waals surface area contributed by atoms with Crippen LogP contribution in [-0.4, -0.2) is 14.2 Å². The summed E-state index contributed by atoms with van der Waals surface area (Å²) < 4.78 is 24.5. The van der Waals surface area contributed by atoms with Crippen molar-refractivity contribution in [2.75, 3.05) is 14.2 Å². The van der Waals surface area contributed by atoms with Crippen molar-refractivity contribution < 1.29 is 13.9 Å². The molecule has 0 amide bonds. The van der Waals surface area contributed by atoms with Gasteiger partial charge in [-0.2, -0.15) is 0 Å². The van der Waals surface area contributed by atoms with Gasteiger partial charge >= 0.3 is 0 Å². The van der Waals surface area contributed by atoms with Crippen molar-refractivity contribution in [3.8, 4) is 11.5 Å². The Balaban J connectivity index is 2.21. The summed E-state index contributed by atoms with van der Waals surface area (Å²) >= 11 is 8.57. The highest BCUT2D eigenvalue weighted by molar-refractivity contribution is 14.1. The zero-order chi connectivity index (χ0) is 15.4. The van der Waals surface area contributed by atoms with E-state index in [2.05, 4.69) is 22.6 Å². The van der Waals surface area contributed by atoms with E-state index in [0.717, 1.165) is 14.7 Å². The van der Waals surface area contributed by atoms with Crippen LogP contribution in [-0.2, 0) is 6.42 Å². The van der Waals surface area contributed by atoms with Gasteiger partial charge in [0.25, 0.3) is 0 Å². The van der Waals surface area contributed by atoms with Gasteiger partial charge < -0.3 is 9.47 Å². The monoisotopic (exact) mass is 420 g/mol. The molecule has 1 atom stereocenters. The van der Waals surface area contributed by atoms with Crippen LogP contribution in [0, 0.1) is 9.39 Å². The first-order valence-electron chi connectivity index (χ1n) is 6.35. The van der Waals surface area contributed by atoms with Crippen LogP contribution in [0.1, 0.15) is 16.5 Å². The molecule has 2 aromatic rings. The van der Waals surface area contributed by atoms with Gasteiger partial charge in [0.2, 0.25) is 0 Å². The molecule has 0 heterocycles. The molecule has 2 rings (SSSR count). The summed E-state index contributed by atoms with van der Waals surface area (Å²) in [5, 5.41) is -0.226. The van der Waals surface area contributed by atoms with Crippen molar-refractivity contribution >= 4 is 34.2 Å². The van der Waals surface area contributed by atoms with Crippen LogP contribution >= 0.6 is 34.2 Å². The summed E-state index contributed by atoms with van der Waals surface area (Å²) in [5.74, 6) is 1.11. The van der Waals surface area contributed by atoms with E-state index >= 15 is 0 Å². The Labute approximate surface area is 142 Å². The molecule has 0 spiro atoms. The second-order valence-corrected chi connectivity index (χ2v) is 6.22. The zero-order valence-corrected chi connectivity index (χ0v) is 14.6. The molecule has 21 heavy (non-hydrogen) atoms. The number of halogens is 3. The summed E-state index contributed by atoms with van der Waals surface area (Å²) in [6, 6.07) is 10.4. The zero-order valence-electron chi connectivity index (χ0n) is 11.7. The number of benzene rings is 2. The molecule has 2 aromatic carbocycles. The van der Waals surface area contributed by atoms with Gasteiger partial charge in [-0.1, -0.05) is 12.1 Å². The Morgan fingerprint density at radius 1 is 1.10 bits per heavy atom. The molecule has 0 aliphatic heterocycles. The molecular weight excluding hydrogens is 406 g/mol. The third kappa shape index (κ3) is 4.01. The average Bonchev–Trinajstić information content (AvgIpc) is 2.46. The fraction of sp³-hybridized carbons (Fsp3) is 0.250. The topological polar surface area (TPSA) is 18.5 Å². The molecule has 0 N–H and O–H groups in total. The lowest BCUT2D eigenvalue weighted by Crippen LogP contribution is -2.00. The largest absolute Gasteiger partial charge is 0.493 e. The maximum Gasteiger partial charge on any atom is 0.160 e. The van der Waals surface area contributed by atoms with Gasteiger partial charge in [-0.05, 0) is 64.4 Å². The van der Waals surface area contributed by atoms with E-state index in [1.807, 2.05) is 18.2 Å². The SMILES string of the molecule is COc1ccc(CC(Cl)c2ccc(F)cc2I)cc1OC. The summed E-state index contributed by atoms with van der Waals surface area (Å²) in [6.45, 7) is 0. The van der Waals surface area contributed by atoms with Gasteiger partial charge in [-0.25, -0.2) is 4.39 Å². The minimum atomic E-state index is -0.252. The number of hydrogen-bond donors (Lipinski definition) is 0. The maximum absolute atomic E-state index is 13.1. The maximum atomic E-state index is 13.1. The van der Waals surface area contributed by atoms with Crippen molar-refractivity contribution in [1.29, 1.82) is 0 Å². The van der Waals surface area contributed by atoms with E-state index in [4.69, 9.17) is 21.1 Å². The number of methoxy groups -OCH3 is 2. The second-order valence-electron chi connectivity index (χ2n) is 4.53. The van der Waals surface area contributed by atoms with Crippen LogP contribution < -0.4 is 9.47 Å². The van der Waals surface area contributed by atoms with Gasteiger partial charge in [-0.15, -0.1) is 11.6 Å². The van der Waals surface area contributed by atoms with Crippen LogP contribution in [0.15, 0.2) is 36.4 Å². The Hall–Kier alpha value is -1.01. The van der Waals surface area contributed by atoms with E-state index in [9.17, 15) is 4.39 Å². The smallest absolute Gasteiger partial charge is 0.160 e. The number of alkyl halides is 1. The van der Waals surface area contributed by atoms with Crippen LogP contribution in [0.4, 0.5) is 4.39 Å². The Morgan fingerprint density at radius 2 is 1.81 bits per heavy atom. The molecule has 0 aliphatic carbocycles. The predicted molar refractivity (Wildman–Crippen MR) is 91.0 cm³/mol. The molecule has 2 nitrogen and oxygen atoms in total. The minimum Gasteiger partial charge on any atom is -0.493 e. The quantitative estimate of drug-likeness (QED) is 0.502. The second kappa shape index (κ2) is 7.31. The molecule has 5 heteroatoms. The molecule has 0 bridgehead atoms. The van der Waals surface area contributed by atoms with Gasteiger partial charge in [0.15, 0.2) is 11.5 Å². The lowest BCUT2D eigenvalue weighted by molar-refractivity contribution is 0.354. The van der Waals surface area contributed by atoms with E-state index in [1.54, 1.807) is 20.3 Å². The average molecular weight is 421 g/mol. The molecule has 0 aliphatic rings. The number of hydrogen-bond acceptors (Lipinski definition) is 2. The van der Waals surface area contributed by atoms with Crippen LogP contribution in [0.5, 0.6) is 11.5 Å². The molecule has 0 saturated carbocycles. The molecule has 0 radical (unpaired) electrons. The van der Waals surface area contributed by atoms with Gasteiger partial charge in [0, 0.05) is 3.57 Å². The summed E-state index contributed by atoms with van der Waals surface area (Å²) in [4.78, 5) is 0. The third-order valence-corrected chi connectivity index (χ3v) is 4.49. The van der Waals surface area contributed by atoms with Crippen molar-refractivity contribution in [2.45, 2.75) is 11.8 Å². The molecular formula is C16H15ClFIO2. The highest BCUT2D eigenvalue weighted by atomic mass is 127. The Kier molecular flexibility index (Phi) is 5.70. The Bertz CT molecular complexity index is 634. The first-order valence-corrected chi connectivity index (χ1v) is 7.86. The van der Waals surface area contributed by atoms with E-state index in [-0.39, 0.29) is 11.2 Å². The fourth-order valence-electron chi connectivity index (χ4n) is 2.08. The van der Waals surface area contributed by atoms with Crippen molar-refractivity contribution in [3.63, 3.8) is 0 Å². The van der Waals surface area contributed by atoms with Crippen LogP contribution in [0.2, 0.25) is 0 Å². The van der Waals surface area contributed by atoms with Crippen LogP contribution in [0.25, 0.3) is 0 Å². The van der Waals surface area contributed by atoms with Crippen molar-refractivity contribution in [3.05, 3.63) is 56.9 Å². The standard InChI is InChI=1S/C16H15ClFIO2/c1-20-15-6-3-10(8-16(15)21-2)7-13(17)12-5-4-11(18)9-14(12)19/h3-6,8-9,13H,7H2,1-2H3. The molecule has 0 aromatic heterocycles. The summed E-state index contributed by atoms with van der Waals surface area (Å²) in [5.41, 5.74) is 1.96. The van der Waals surface area contributed by atoms with E-state index in [0.29, 0.717) is 17.9 Å². The first kappa shape index (κ1) is 16.4. The van der Waals surface area contributed by atoms with Gasteiger partial charge in [-0.3, -0.25) is 0 Å². The van der Waals surface area contributed by atoms with Crippen LogP contribution in [0.3, 0.4) is 0 Å². The lowest BCUT2D eigenvalue weighted by atomic mass is 10.0. The number of ether oxygens (including phenoxy) is 2. The normalized spacial score (nSPS) is 12.0. The summed E-state index contributed by atoms with van der Waals surface area (Å²) in [7, 11) is 3.20. The molecule has 0 saturated heterocycles. The van der Waals surface area contributed by atoms with Gasteiger partial charge in [0.1, 0.15) is 5.82 Å². The Morgan fingerprint density at radius 3 is 2.43 bits per heavy atom. The fourth-order valence-corrected chi connectivity index (χ4v) is 3.49. The summed E-state index contributed by atoms with van der Waals surface area (Å²) in [6.07, 6.45) is 0.629. The molecule has 1 unspecified atom stereocenters. The first-order chi connectivity index (χ1) is 10.0. The van der Waals surface area contributed by atoms with Gasteiger partial charge in [0.05, 0.1) is 19.6 Å². The molecule has 112 valence electrons. The third-order valence-electron chi connectivity index (χ3n) is 3.16. The van der Waals surface area contributed by atoms with Crippen molar-refractivity contribution in [2.24, 2.45) is 0 Å². The highest BCUT2D eigenvalue weighted by Gasteiger charge is 2.14. The minimum absolute atomic E-state index is 0.226. The van der Waals surface area contributed by atoms with E-state index in [1.165, 1.54) is 12.1 Å². The van der Waals surface area contributed by atoms with E-state index < -0.39 is 0 Å². The predicted octanol–water partition coefficient (Wildman–Crippen LogP) is 4.97. The molecule has 0 fully saturated rings. The highest BCUT2D eigenvalue weighted by Crippen LogP contribution is 2.33. The number of rotatable bonds is 5.